The number of hydrogen-bond donors (Lipinski definition) is 2. The molecule has 0 unspecified atom stereocenters. The first kappa shape index (κ1) is 50.6. The summed E-state index contributed by atoms with van der Waals surface area (Å²) in [4.78, 5) is 4.92. The number of aliphatic imine (C=N–C) groups is 1. The molecule has 62 heavy (non-hydrogen) atoms. The monoisotopic (exact) mass is 845 g/mol. The maximum Gasteiger partial charge on any atom is 0.251 e. The number of anilines is 1. The average molecular weight is 845 g/mol. The number of nitrogens with two attached hydrogens (primary N) is 2. The van der Waals surface area contributed by atoms with Crippen LogP contribution >= 0.6 is 0 Å². The van der Waals surface area contributed by atoms with Crippen LogP contribution < -0.4 is 20.9 Å². The van der Waals surface area contributed by atoms with Crippen molar-refractivity contribution in [2.75, 3.05) is 20.0 Å². The second kappa shape index (κ2) is 25.2. The lowest BCUT2D eigenvalue weighted by Crippen LogP contribution is -2.14. The summed E-state index contributed by atoms with van der Waals surface area (Å²) in [5, 5.41) is 8.92. The third-order valence-electron chi connectivity index (χ3n) is 9.92. The first-order valence-corrected chi connectivity index (χ1v) is 25.2. The van der Waals surface area contributed by atoms with Gasteiger partial charge in [0.25, 0.3) is 14.1 Å². The Balaban J connectivity index is 0.000000260. The summed E-state index contributed by atoms with van der Waals surface area (Å²) in [5.41, 5.74) is 25.3. The van der Waals surface area contributed by atoms with E-state index >= 15 is 0 Å². The molecule has 0 bridgehead atoms. The van der Waals surface area contributed by atoms with Crippen LogP contribution in [0.15, 0.2) is 138 Å². The van der Waals surface area contributed by atoms with E-state index in [4.69, 9.17) is 31.2 Å². The second-order valence-electron chi connectivity index (χ2n) is 17.2. The van der Waals surface area contributed by atoms with Crippen molar-refractivity contribution < 1.29 is 9.47 Å². The van der Waals surface area contributed by atoms with Gasteiger partial charge in [-0.15, -0.1) is 17.4 Å². The first-order valence-electron chi connectivity index (χ1n) is 21.8. The molecule has 0 amide bonds. The SMILES string of the molecule is CC(C)c1cccc(C(C)C)c1N.COc1cc(C#N)cc(-c2ccccc2)c1.COc1cc(C(N)=Nc2c(C(C)C)cccc2C(C)C)cc(-c2ccccc2)c1.[CH3][Al]([CH3])[CH3]. The number of amidine groups is 1. The van der Waals surface area contributed by atoms with Gasteiger partial charge in [-0.2, -0.15) is 5.26 Å². The van der Waals surface area contributed by atoms with Gasteiger partial charge in [0.15, 0.2) is 0 Å². The van der Waals surface area contributed by atoms with E-state index in [0.29, 0.717) is 40.8 Å². The van der Waals surface area contributed by atoms with E-state index < -0.39 is 0 Å². The molecule has 0 saturated carbocycles. The van der Waals surface area contributed by atoms with Crippen LogP contribution in [0.3, 0.4) is 0 Å². The molecule has 0 saturated heterocycles. The molecule has 6 nitrogen and oxygen atoms in total. The molecule has 0 heterocycles. The molecule has 6 rings (SSSR count). The highest BCUT2D eigenvalue weighted by Crippen LogP contribution is 2.36. The quantitative estimate of drug-likeness (QED) is 0.0618. The Bertz CT molecular complexity index is 2310. The molecule has 0 aromatic heterocycles. The molecular formula is C55H69AlN4O2. The normalized spacial score (nSPS) is 10.8. The van der Waals surface area contributed by atoms with Gasteiger partial charge in [0.2, 0.25) is 0 Å². The number of ether oxygens (including phenoxy) is 2. The van der Waals surface area contributed by atoms with E-state index in [0.717, 1.165) is 44.9 Å². The average Bonchev–Trinajstić information content (AvgIpc) is 3.26. The molecule has 7 heteroatoms. The fraction of sp³-hybridized carbons (Fsp3) is 0.309. The fourth-order valence-electron chi connectivity index (χ4n) is 6.68. The predicted octanol–water partition coefficient (Wildman–Crippen LogP) is 14.8. The van der Waals surface area contributed by atoms with Crippen molar-refractivity contribution in [3.63, 3.8) is 0 Å². The summed E-state index contributed by atoms with van der Waals surface area (Å²) in [6, 6.07) is 46.6. The maximum absolute atomic E-state index is 8.92. The van der Waals surface area contributed by atoms with Crippen molar-refractivity contribution >= 4 is 31.4 Å². The number of nitriles is 1. The maximum atomic E-state index is 8.92. The second-order valence-corrected chi connectivity index (χ2v) is 20.7. The van der Waals surface area contributed by atoms with Gasteiger partial charge in [-0.05, 0) is 105 Å². The smallest absolute Gasteiger partial charge is 0.251 e. The van der Waals surface area contributed by atoms with Gasteiger partial charge in [-0.1, -0.05) is 152 Å². The molecular weight excluding hydrogens is 776 g/mol. The number of nitrogen functional groups attached to an aromatic ring is 1. The summed E-state index contributed by atoms with van der Waals surface area (Å²) in [7, 11) is 3.28. The van der Waals surface area contributed by atoms with Gasteiger partial charge in [-0.25, -0.2) is 4.99 Å². The third kappa shape index (κ3) is 15.3. The van der Waals surface area contributed by atoms with Gasteiger partial charge in [-0.3, -0.25) is 0 Å². The van der Waals surface area contributed by atoms with Crippen LogP contribution in [0.1, 0.15) is 112 Å². The van der Waals surface area contributed by atoms with E-state index in [1.54, 1.807) is 20.3 Å². The van der Waals surface area contributed by atoms with Crippen LogP contribution in [-0.2, 0) is 0 Å². The fourth-order valence-corrected chi connectivity index (χ4v) is 6.68. The Hall–Kier alpha value is -5.79. The van der Waals surface area contributed by atoms with E-state index in [1.807, 2.05) is 72.8 Å². The van der Waals surface area contributed by atoms with Crippen LogP contribution in [0.2, 0.25) is 17.4 Å². The van der Waals surface area contributed by atoms with Crippen LogP contribution in [-0.4, -0.2) is 34.2 Å². The van der Waals surface area contributed by atoms with Gasteiger partial charge in [0, 0.05) is 11.3 Å². The lowest BCUT2D eigenvalue weighted by molar-refractivity contribution is 0.415. The van der Waals surface area contributed by atoms with Gasteiger partial charge in [0.1, 0.15) is 17.3 Å². The van der Waals surface area contributed by atoms with Crippen molar-refractivity contribution in [3.05, 3.63) is 167 Å². The number of methoxy groups -OCH3 is 2. The lowest BCUT2D eigenvalue weighted by atomic mass is 9.93. The van der Waals surface area contributed by atoms with Crippen molar-refractivity contribution in [2.45, 2.75) is 96.4 Å². The van der Waals surface area contributed by atoms with Crippen LogP contribution in [0.5, 0.6) is 11.5 Å². The minimum absolute atomic E-state index is 0.139. The summed E-state index contributed by atoms with van der Waals surface area (Å²) in [6.45, 7) is 17.5. The molecule has 0 aliphatic heterocycles. The number of hydrogen-bond acceptors (Lipinski definition) is 5. The largest absolute Gasteiger partial charge is 0.497 e. The minimum atomic E-state index is -0.139. The Morgan fingerprint density at radius 2 is 0.919 bits per heavy atom. The molecule has 4 N–H and O–H groups in total. The van der Waals surface area contributed by atoms with Crippen molar-refractivity contribution in [1.82, 2.24) is 0 Å². The highest BCUT2D eigenvalue weighted by molar-refractivity contribution is 6.54. The molecule has 6 aromatic carbocycles. The Labute approximate surface area is 378 Å². The van der Waals surface area contributed by atoms with Crippen molar-refractivity contribution in [2.24, 2.45) is 10.7 Å². The van der Waals surface area contributed by atoms with E-state index in [1.165, 1.54) is 22.3 Å². The third-order valence-corrected chi connectivity index (χ3v) is 9.92. The summed E-state index contributed by atoms with van der Waals surface area (Å²) in [6.07, 6.45) is 0. The minimum Gasteiger partial charge on any atom is -0.497 e. The Morgan fingerprint density at radius 1 is 0.532 bits per heavy atom. The predicted molar refractivity (Wildman–Crippen MR) is 269 cm³/mol. The molecule has 0 atom stereocenters. The highest BCUT2D eigenvalue weighted by Gasteiger charge is 2.15. The van der Waals surface area contributed by atoms with E-state index in [-0.39, 0.29) is 14.1 Å². The summed E-state index contributed by atoms with van der Waals surface area (Å²) in [5.74, 6) is 10.6. The Kier molecular flexibility index (Phi) is 20.6. The highest BCUT2D eigenvalue weighted by atomic mass is 27.2. The molecule has 0 spiro atoms. The van der Waals surface area contributed by atoms with E-state index in [2.05, 4.69) is 133 Å². The zero-order valence-electron chi connectivity index (χ0n) is 39.5. The van der Waals surface area contributed by atoms with Crippen LogP contribution in [0.4, 0.5) is 11.4 Å². The first-order chi connectivity index (χ1) is 29.5. The molecule has 0 aliphatic carbocycles. The van der Waals surface area contributed by atoms with Crippen LogP contribution in [0.25, 0.3) is 22.3 Å². The van der Waals surface area contributed by atoms with Crippen molar-refractivity contribution in [1.29, 1.82) is 5.26 Å². The number of para-hydroxylation sites is 2. The molecule has 0 radical (unpaired) electrons. The molecule has 324 valence electrons. The topological polar surface area (TPSA) is 107 Å². The molecule has 6 aromatic rings. The standard InChI is InChI=1S/C26H30N2O.C14H11NO.C12H19N.3CH3.Al/c1-17(2)23-12-9-13-24(18(3)4)25(23)28-26(27)21-14-20(15-22(16-21)29-5)19-10-7-6-8-11-19;1-16-14-8-11(10-15)7-13(9-14)12-5-3-2-4-6-12;1-8(2)10-6-5-7-11(9(3)4)12(10)13;;;;/h6-18H,1-5H3,(H2,27,28);2-9H,1H3;5-9H,13H2,1-4H3;3*1H3;. The van der Waals surface area contributed by atoms with E-state index in [9.17, 15) is 0 Å². The van der Waals surface area contributed by atoms with Crippen molar-refractivity contribution in [3.8, 4) is 39.8 Å². The molecule has 0 fully saturated rings. The summed E-state index contributed by atoms with van der Waals surface area (Å²) < 4.78 is 10.7. The number of rotatable bonds is 10. The zero-order chi connectivity index (χ0) is 45.9. The number of benzene rings is 6. The van der Waals surface area contributed by atoms with Crippen LogP contribution in [0, 0.1) is 11.3 Å². The lowest BCUT2D eigenvalue weighted by Gasteiger charge is -2.17. The number of nitrogens with zero attached hydrogens (tertiary/aromatic N) is 2. The van der Waals surface area contributed by atoms with Gasteiger partial charge in [0.05, 0.1) is 31.5 Å². The molecule has 0 aliphatic rings. The summed E-state index contributed by atoms with van der Waals surface area (Å²) >= 11 is -0.139. The van der Waals surface area contributed by atoms with Gasteiger partial charge >= 0.3 is 0 Å². The van der Waals surface area contributed by atoms with Gasteiger partial charge < -0.3 is 20.9 Å². The Morgan fingerprint density at radius 3 is 1.31 bits per heavy atom. The zero-order valence-corrected chi connectivity index (χ0v) is 40.6.